The topological polar surface area (TPSA) is 55.0 Å². The largest absolute Gasteiger partial charge is 0.467 e. The SMILES string of the molecule is Cc1nn(Cc2cccc(NC(=S)NCc3ccco3)c2)c(C)c1Br. The molecule has 0 aliphatic carbocycles. The lowest BCUT2D eigenvalue weighted by Crippen LogP contribution is -2.27. The third-order valence-corrected chi connectivity index (χ3v) is 5.21. The van der Waals surface area contributed by atoms with Crippen LogP contribution < -0.4 is 10.6 Å². The number of anilines is 1. The number of hydrogen-bond donors (Lipinski definition) is 2. The Morgan fingerprint density at radius 1 is 1.28 bits per heavy atom. The molecule has 7 heteroatoms. The highest BCUT2D eigenvalue weighted by Gasteiger charge is 2.09. The smallest absolute Gasteiger partial charge is 0.171 e. The number of furan rings is 1. The molecule has 0 bridgehead atoms. The Morgan fingerprint density at radius 3 is 2.80 bits per heavy atom. The summed E-state index contributed by atoms with van der Waals surface area (Å²) in [6.45, 7) is 5.31. The molecule has 2 aromatic heterocycles. The van der Waals surface area contributed by atoms with Crippen LogP contribution in [0.1, 0.15) is 22.7 Å². The van der Waals surface area contributed by atoms with E-state index in [1.807, 2.05) is 35.9 Å². The van der Waals surface area contributed by atoms with E-state index in [0.717, 1.165) is 32.9 Å². The second-order valence-electron chi connectivity index (χ2n) is 5.73. The average Bonchev–Trinajstić information content (AvgIpc) is 3.19. The van der Waals surface area contributed by atoms with Gasteiger partial charge in [-0.05, 0) is 71.8 Å². The number of hydrogen-bond acceptors (Lipinski definition) is 3. The number of nitrogens with one attached hydrogen (secondary N) is 2. The standard InChI is InChI=1S/C18H19BrN4OS/c1-12-17(19)13(2)23(22-12)11-14-5-3-6-15(9-14)21-18(25)20-10-16-7-4-8-24-16/h3-9H,10-11H2,1-2H3,(H2,20,21,25). The number of aryl methyl sites for hydroxylation is 1. The van der Waals surface area contributed by atoms with Gasteiger partial charge in [-0.15, -0.1) is 0 Å². The summed E-state index contributed by atoms with van der Waals surface area (Å²) in [7, 11) is 0. The monoisotopic (exact) mass is 418 g/mol. The lowest BCUT2D eigenvalue weighted by atomic mass is 10.2. The average molecular weight is 419 g/mol. The zero-order chi connectivity index (χ0) is 17.8. The fraction of sp³-hybridized carbons (Fsp3) is 0.222. The van der Waals surface area contributed by atoms with Crippen molar-refractivity contribution in [2.45, 2.75) is 26.9 Å². The molecule has 0 radical (unpaired) electrons. The molecule has 3 aromatic rings. The maximum Gasteiger partial charge on any atom is 0.171 e. The van der Waals surface area contributed by atoms with Gasteiger partial charge in [-0.2, -0.15) is 5.10 Å². The Hall–Kier alpha value is -2.12. The molecule has 0 saturated heterocycles. The molecule has 0 spiro atoms. The van der Waals surface area contributed by atoms with E-state index >= 15 is 0 Å². The van der Waals surface area contributed by atoms with Gasteiger partial charge in [0, 0.05) is 5.69 Å². The summed E-state index contributed by atoms with van der Waals surface area (Å²) >= 11 is 8.90. The summed E-state index contributed by atoms with van der Waals surface area (Å²) in [5.74, 6) is 0.841. The van der Waals surface area contributed by atoms with Gasteiger partial charge in [-0.3, -0.25) is 4.68 Å². The molecule has 0 aliphatic heterocycles. The fourth-order valence-corrected chi connectivity index (χ4v) is 2.98. The van der Waals surface area contributed by atoms with E-state index in [9.17, 15) is 0 Å². The quantitative estimate of drug-likeness (QED) is 0.601. The number of aromatic nitrogens is 2. The molecule has 3 rings (SSSR count). The van der Waals surface area contributed by atoms with Gasteiger partial charge in [0.05, 0.1) is 35.2 Å². The van der Waals surface area contributed by atoms with E-state index in [2.05, 4.69) is 50.7 Å². The van der Waals surface area contributed by atoms with Crippen molar-refractivity contribution < 1.29 is 4.42 Å². The molecule has 1 aromatic carbocycles. The lowest BCUT2D eigenvalue weighted by Gasteiger charge is -2.11. The number of nitrogens with zero attached hydrogens (tertiary/aromatic N) is 2. The van der Waals surface area contributed by atoms with Gasteiger partial charge in [-0.1, -0.05) is 12.1 Å². The van der Waals surface area contributed by atoms with Crippen molar-refractivity contribution in [3.05, 3.63) is 69.8 Å². The Labute approximate surface area is 160 Å². The zero-order valence-corrected chi connectivity index (χ0v) is 16.4. The van der Waals surface area contributed by atoms with E-state index in [1.165, 1.54) is 0 Å². The van der Waals surface area contributed by atoms with Gasteiger partial charge in [0.2, 0.25) is 0 Å². The highest BCUT2D eigenvalue weighted by molar-refractivity contribution is 9.10. The Balaban J connectivity index is 1.62. The molecule has 0 unspecified atom stereocenters. The molecular formula is C18H19BrN4OS. The van der Waals surface area contributed by atoms with E-state index in [4.69, 9.17) is 16.6 Å². The van der Waals surface area contributed by atoms with Crippen LogP contribution in [0.15, 0.2) is 51.6 Å². The second kappa shape index (κ2) is 7.84. The molecule has 0 aliphatic rings. The minimum atomic E-state index is 0.554. The highest BCUT2D eigenvalue weighted by atomic mass is 79.9. The van der Waals surface area contributed by atoms with Crippen LogP contribution in [0.25, 0.3) is 0 Å². The predicted molar refractivity (Wildman–Crippen MR) is 107 cm³/mol. The molecule has 0 fully saturated rings. The molecule has 0 amide bonds. The first-order valence-corrected chi connectivity index (χ1v) is 9.08. The van der Waals surface area contributed by atoms with Crippen LogP contribution in [0.4, 0.5) is 5.69 Å². The molecule has 5 nitrogen and oxygen atoms in total. The molecule has 0 atom stereocenters. The highest BCUT2D eigenvalue weighted by Crippen LogP contribution is 2.21. The van der Waals surface area contributed by atoms with Crippen molar-refractivity contribution in [1.82, 2.24) is 15.1 Å². The number of benzene rings is 1. The minimum absolute atomic E-state index is 0.554. The van der Waals surface area contributed by atoms with Crippen LogP contribution >= 0.6 is 28.1 Å². The van der Waals surface area contributed by atoms with Crippen LogP contribution in [0.3, 0.4) is 0 Å². The predicted octanol–water partition coefficient (Wildman–Crippen LogP) is 4.39. The van der Waals surface area contributed by atoms with E-state index < -0.39 is 0 Å². The lowest BCUT2D eigenvalue weighted by molar-refractivity contribution is 0.503. The fourth-order valence-electron chi connectivity index (χ4n) is 2.51. The van der Waals surface area contributed by atoms with Crippen molar-refractivity contribution >= 4 is 38.9 Å². The van der Waals surface area contributed by atoms with Crippen LogP contribution in [0.5, 0.6) is 0 Å². The summed E-state index contributed by atoms with van der Waals surface area (Å²) in [6, 6.07) is 11.9. The molecule has 130 valence electrons. The summed E-state index contributed by atoms with van der Waals surface area (Å²) < 4.78 is 8.33. The van der Waals surface area contributed by atoms with Crippen LogP contribution in [0.2, 0.25) is 0 Å². The Kier molecular flexibility index (Phi) is 5.55. The van der Waals surface area contributed by atoms with Gasteiger partial charge in [-0.25, -0.2) is 0 Å². The Bertz CT molecular complexity index is 873. The molecule has 0 saturated carbocycles. The van der Waals surface area contributed by atoms with Crippen LogP contribution in [0, 0.1) is 13.8 Å². The normalized spacial score (nSPS) is 10.7. The van der Waals surface area contributed by atoms with Crippen LogP contribution in [-0.4, -0.2) is 14.9 Å². The summed E-state index contributed by atoms with van der Waals surface area (Å²) in [5, 5.41) is 11.4. The van der Waals surface area contributed by atoms with E-state index in [0.29, 0.717) is 18.2 Å². The number of thiocarbonyl (C=S) groups is 1. The maximum absolute atomic E-state index is 5.34. The van der Waals surface area contributed by atoms with Crippen molar-refractivity contribution in [2.24, 2.45) is 0 Å². The minimum Gasteiger partial charge on any atom is -0.467 e. The maximum atomic E-state index is 5.34. The van der Waals surface area contributed by atoms with Crippen molar-refractivity contribution in [1.29, 1.82) is 0 Å². The van der Waals surface area contributed by atoms with E-state index in [1.54, 1.807) is 6.26 Å². The summed E-state index contributed by atoms with van der Waals surface area (Å²) in [4.78, 5) is 0. The zero-order valence-electron chi connectivity index (χ0n) is 14.0. The van der Waals surface area contributed by atoms with Gasteiger partial charge >= 0.3 is 0 Å². The molecule has 2 N–H and O–H groups in total. The van der Waals surface area contributed by atoms with Crippen LogP contribution in [-0.2, 0) is 13.1 Å². The van der Waals surface area contributed by atoms with Gasteiger partial charge < -0.3 is 15.1 Å². The second-order valence-corrected chi connectivity index (χ2v) is 6.93. The van der Waals surface area contributed by atoms with Crippen molar-refractivity contribution in [2.75, 3.05) is 5.32 Å². The number of halogens is 1. The molecule has 25 heavy (non-hydrogen) atoms. The summed E-state index contributed by atoms with van der Waals surface area (Å²) in [6.07, 6.45) is 1.65. The number of rotatable bonds is 5. The molecule has 2 heterocycles. The van der Waals surface area contributed by atoms with E-state index in [-0.39, 0.29) is 0 Å². The molecular weight excluding hydrogens is 400 g/mol. The summed E-state index contributed by atoms with van der Waals surface area (Å²) in [5.41, 5.74) is 4.20. The van der Waals surface area contributed by atoms with Gasteiger partial charge in [0.25, 0.3) is 0 Å². The Morgan fingerprint density at radius 2 is 2.12 bits per heavy atom. The van der Waals surface area contributed by atoms with Crippen molar-refractivity contribution in [3.8, 4) is 0 Å². The third-order valence-electron chi connectivity index (χ3n) is 3.81. The third kappa shape index (κ3) is 4.49. The van der Waals surface area contributed by atoms with Crippen molar-refractivity contribution in [3.63, 3.8) is 0 Å². The van der Waals surface area contributed by atoms with Gasteiger partial charge in [0.15, 0.2) is 5.11 Å². The first kappa shape index (κ1) is 17.7. The first-order chi connectivity index (χ1) is 12.0. The first-order valence-electron chi connectivity index (χ1n) is 7.88. The van der Waals surface area contributed by atoms with Gasteiger partial charge in [0.1, 0.15) is 5.76 Å².